The summed E-state index contributed by atoms with van der Waals surface area (Å²) >= 11 is 12.0. The van der Waals surface area contributed by atoms with Gasteiger partial charge in [0.2, 0.25) is 0 Å². The predicted molar refractivity (Wildman–Crippen MR) is 66.6 cm³/mol. The van der Waals surface area contributed by atoms with Crippen molar-refractivity contribution in [2.75, 3.05) is 0 Å². The van der Waals surface area contributed by atoms with Crippen LogP contribution < -0.4 is 0 Å². The van der Waals surface area contributed by atoms with Gasteiger partial charge in [0.1, 0.15) is 0 Å². The van der Waals surface area contributed by atoms with Crippen LogP contribution in [0.4, 0.5) is 0 Å². The van der Waals surface area contributed by atoms with Crippen molar-refractivity contribution in [3.8, 4) is 11.1 Å². The molecule has 15 heavy (non-hydrogen) atoms. The highest BCUT2D eigenvalue weighted by molar-refractivity contribution is 6.42. The van der Waals surface area contributed by atoms with Crippen LogP contribution in [0, 0.1) is 6.92 Å². The molecule has 2 aromatic carbocycles. The Balaban J connectivity index is 2.60. The fourth-order valence-electron chi connectivity index (χ4n) is 1.58. The van der Waals surface area contributed by atoms with E-state index < -0.39 is 0 Å². The molecule has 76 valence electrons. The van der Waals surface area contributed by atoms with E-state index in [9.17, 15) is 0 Å². The van der Waals surface area contributed by atoms with Crippen molar-refractivity contribution in [1.29, 1.82) is 0 Å². The highest BCUT2D eigenvalue weighted by Gasteiger charge is 2.07. The summed E-state index contributed by atoms with van der Waals surface area (Å²) in [5.41, 5.74) is 3.31. The second-order valence-electron chi connectivity index (χ2n) is 3.40. The first-order valence-electron chi connectivity index (χ1n) is 4.70. The van der Waals surface area contributed by atoms with E-state index in [1.54, 1.807) is 0 Å². The molecule has 0 heterocycles. The number of hydrogen-bond donors (Lipinski definition) is 0. The molecular formula is C13H10Cl2. The molecule has 2 heteroatoms. The highest BCUT2D eigenvalue weighted by Crippen LogP contribution is 2.33. The Bertz CT molecular complexity index is 475. The molecule has 2 aromatic rings. The van der Waals surface area contributed by atoms with E-state index in [4.69, 9.17) is 23.2 Å². The standard InChI is InChI=1S/C13H10Cl2/c1-9-11(7-8-12(14)13(9)15)10-5-3-2-4-6-10/h2-8H,1H3. The van der Waals surface area contributed by atoms with E-state index in [0.717, 1.165) is 16.7 Å². The molecule has 0 aliphatic heterocycles. The first kappa shape index (κ1) is 10.5. The molecule has 0 aromatic heterocycles. The van der Waals surface area contributed by atoms with Crippen LogP contribution in [-0.4, -0.2) is 0 Å². The van der Waals surface area contributed by atoms with Crippen LogP contribution in [0.5, 0.6) is 0 Å². The van der Waals surface area contributed by atoms with Gasteiger partial charge in [0.05, 0.1) is 10.0 Å². The fraction of sp³-hybridized carbons (Fsp3) is 0.0769. The van der Waals surface area contributed by atoms with Gasteiger partial charge in [0.15, 0.2) is 0 Å². The van der Waals surface area contributed by atoms with Crippen molar-refractivity contribution in [1.82, 2.24) is 0 Å². The number of benzene rings is 2. The SMILES string of the molecule is Cc1c(-c2ccccc2)ccc(Cl)c1Cl. The van der Waals surface area contributed by atoms with E-state index in [-0.39, 0.29) is 0 Å². The van der Waals surface area contributed by atoms with Gasteiger partial charge in [-0.3, -0.25) is 0 Å². The van der Waals surface area contributed by atoms with Crippen molar-refractivity contribution in [3.63, 3.8) is 0 Å². The van der Waals surface area contributed by atoms with Gasteiger partial charge < -0.3 is 0 Å². The maximum absolute atomic E-state index is 6.10. The summed E-state index contributed by atoms with van der Waals surface area (Å²) in [5, 5.41) is 1.24. The lowest BCUT2D eigenvalue weighted by atomic mass is 10.0. The minimum atomic E-state index is 0.605. The first-order valence-corrected chi connectivity index (χ1v) is 5.46. The van der Waals surface area contributed by atoms with Gasteiger partial charge in [-0.15, -0.1) is 0 Å². The molecule has 0 nitrogen and oxygen atoms in total. The van der Waals surface area contributed by atoms with Crippen LogP contribution in [0.25, 0.3) is 11.1 Å². The lowest BCUT2D eigenvalue weighted by Crippen LogP contribution is -1.84. The van der Waals surface area contributed by atoms with Gasteiger partial charge in [-0.2, -0.15) is 0 Å². The Kier molecular flexibility index (Phi) is 2.99. The highest BCUT2D eigenvalue weighted by atomic mass is 35.5. The molecule has 0 aliphatic rings. The smallest absolute Gasteiger partial charge is 0.0627 e. The second-order valence-corrected chi connectivity index (χ2v) is 4.19. The van der Waals surface area contributed by atoms with Crippen molar-refractivity contribution >= 4 is 23.2 Å². The van der Waals surface area contributed by atoms with Crippen LogP contribution in [-0.2, 0) is 0 Å². The quantitative estimate of drug-likeness (QED) is 0.656. The summed E-state index contributed by atoms with van der Waals surface area (Å²) in [6, 6.07) is 14.0. The molecule has 0 fully saturated rings. The van der Waals surface area contributed by atoms with Crippen LogP contribution in [0.15, 0.2) is 42.5 Å². The lowest BCUT2D eigenvalue weighted by Gasteiger charge is -2.08. The second kappa shape index (κ2) is 4.26. The number of halogens is 2. The van der Waals surface area contributed by atoms with Crippen molar-refractivity contribution in [2.24, 2.45) is 0 Å². The molecule has 0 N–H and O–H groups in total. The zero-order valence-electron chi connectivity index (χ0n) is 8.30. The summed E-state index contributed by atoms with van der Waals surface area (Å²) in [6.07, 6.45) is 0. The minimum Gasteiger partial charge on any atom is -0.0827 e. The maximum atomic E-state index is 6.10. The molecule has 0 atom stereocenters. The van der Waals surface area contributed by atoms with Crippen LogP contribution in [0.2, 0.25) is 10.0 Å². The average Bonchev–Trinajstić information content (AvgIpc) is 2.27. The third-order valence-corrected chi connectivity index (χ3v) is 3.32. The van der Waals surface area contributed by atoms with E-state index in [2.05, 4.69) is 12.1 Å². The molecule has 0 aliphatic carbocycles. The number of hydrogen-bond acceptors (Lipinski definition) is 0. The molecular weight excluding hydrogens is 227 g/mol. The van der Waals surface area contributed by atoms with E-state index in [1.807, 2.05) is 37.3 Å². The van der Waals surface area contributed by atoms with Crippen molar-refractivity contribution in [3.05, 3.63) is 58.1 Å². The molecule has 0 amide bonds. The molecule has 0 radical (unpaired) electrons. The molecule has 0 unspecified atom stereocenters. The Labute approximate surface area is 99.5 Å². The van der Waals surface area contributed by atoms with Gasteiger partial charge in [-0.05, 0) is 29.7 Å². The van der Waals surface area contributed by atoms with Gasteiger partial charge in [-0.25, -0.2) is 0 Å². The third kappa shape index (κ3) is 2.01. The van der Waals surface area contributed by atoms with Gasteiger partial charge in [-0.1, -0.05) is 59.6 Å². The van der Waals surface area contributed by atoms with Gasteiger partial charge in [0, 0.05) is 0 Å². The van der Waals surface area contributed by atoms with Crippen molar-refractivity contribution in [2.45, 2.75) is 6.92 Å². The molecule has 2 rings (SSSR count). The molecule has 0 saturated heterocycles. The Morgan fingerprint density at radius 1 is 0.867 bits per heavy atom. The fourth-order valence-corrected chi connectivity index (χ4v) is 1.95. The lowest BCUT2D eigenvalue weighted by molar-refractivity contribution is 1.46. The summed E-state index contributed by atoms with van der Waals surface area (Å²) < 4.78 is 0. The van der Waals surface area contributed by atoms with E-state index in [1.165, 1.54) is 0 Å². The third-order valence-electron chi connectivity index (χ3n) is 2.42. The van der Waals surface area contributed by atoms with Crippen molar-refractivity contribution < 1.29 is 0 Å². The summed E-state index contributed by atoms with van der Waals surface area (Å²) in [7, 11) is 0. The summed E-state index contributed by atoms with van der Waals surface area (Å²) in [6.45, 7) is 1.98. The van der Waals surface area contributed by atoms with Crippen LogP contribution in [0.1, 0.15) is 5.56 Å². The molecule has 0 spiro atoms. The predicted octanol–water partition coefficient (Wildman–Crippen LogP) is 4.97. The normalized spacial score (nSPS) is 10.3. The first-order chi connectivity index (χ1) is 7.20. The minimum absolute atomic E-state index is 0.605. The number of rotatable bonds is 1. The van der Waals surface area contributed by atoms with Gasteiger partial charge >= 0.3 is 0 Å². The van der Waals surface area contributed by atoms with Crippen LogP contribution in [0.3, 0.4) is 0 Å². The largest absolute Gasteiger partial charge is 0.0827 e. The Hall–Kier alpha value is -0.980. The Morgan fingerprint density at radius 3 is 2.20 bits per heavy atom. The summed E-state index contributed by atoms with van der Waals surface area (Å²) in [5.74, 6) is 0. The van der Waals surface area contributed by atoms with Gasteiger partial charge in [0.25, 0.3) is 0 Å². The summed E-state index contributed by atoms with van der Waals surface area (Å²) in [4.78, 5) is 0. The van der Waals surface area contributed by atoms with E-state index in [0.29, 0.717) is 10.0 Å². The molecule has 0 saturated carbocycles. The van der Waals surface area contributed by atoms with E-state index >= 15 is 0 Å². The van der Waals surface area contributed by atoms with Crippen LogP contribution >= 0.6 is 23.2 Å². The zero-order chi connectivity index (χ0) is 10.8. The monoisotopic (exact) mass is 236 g/mol. The maximum Gasteiger partial charge on any atom is 0.0627 e. The average molecular weight is 237 g/mol. The Morgan fingerprint density at radius 2 is 1.53 bits per heavy atom. The molecule has 0 bridgehead atoms. The topological polar surface area (TPSA) is 0 Å². The zero-order valence-corrected chi connectivity index (χ0v) is 9.81.